The van der Waals surface area contributed by atoms with Crippen LogP contribution in [-0.2, 0) is 11.2 Å². The molecule has 1 unspecified atom stereocenters. The Bertz CT molecular complexity index is 387. The van der Waals surface area contributed by atoms with Crippen LogP contribution < -0.4 is 0 Å². The lowest BCUT2D eigenvalue weighted by atomic mass is 9.98. The van der Waals surface area contributed by atoms with Crippen molar-refractivity contribution in [1.29, 1.82) is 0 Å². The summed E-state index contributed by atoms with van der Waals surface area (Å²) in [6.07, 6.45) is 1.22. The van der Waals surface area contributed by atoms with E-state index in [1.54, 1.807) is 19.1 Å². The number of rotatable bonds is 4. The Morgan fingerprint density at radius 1 is 1.60 bits per heavy atom. The first-order valence-electron chi connectivity index (χ1n) is 4.51. The molecule has 0 amide bonds. The monoisotopic (exact) mass is 226 g/mol. The predicted molar refractivity (Wildman–Crippen MR) is 57.3 cm³/mol. The lowest BCUT2D eigenvalue weighted by molar-refractivity contribution is -0.110. The minimum Gasteiger partial charge on any atom is -0.478 e. The van der Waals surface area contributed by atoms with E-state index in [1.807, 2.05) is 0 Å². The van der Waals surface area contributed by atoms with E-state index in [1.165, 1.54) is 6.07 Å². The molecule has 3 nitrogen and oxygen atoms in total. The molecule has 0 aliphatic rings. The summed E-state index contributed by atoms with van der Waals surface area (Å²) in [4.78, 5) is 21.4. The van der Waals surface area contributed by atoms with Crippen LogP contribution >= 0.6 is 11.6 Å². The van der Waals surface area contributed by atoms with Gasteiger partial charge in [0.2, 0.25) is 0 Å². The minimum absolute atomic E-state index is 0.163. The highest BCUT2D eigenvalue weighted by Gasteiger charge is 2.12. The number of carbonyl (C=O) groups excluding carboxylic acids is 1. The quantitative estimate of drug-likeness (QED) is 0.803. The zero-order valence-corrected chi connectivity index (χ0v) is 8.99. The average molecular weight is 227 g/mol. The highest BCUT2D eigenvalue weighted by atomic mass is 35.5. The molecule has 0 aromatic heterocycles. The molecule has 0 fully saturated rings. The molecular formula is C11H11ClO3. The van der Waals surface area contributed by atoms with Crippen LogP contribution in [-0.4, -0.2) is 17.4 Å². The first kappa shape index (κ1) is 11.7. The summed E-state index contributed by atoms with van der Waals surface area (Å²) in [5.41, 5.74) is 0.794. The Kier molecular flexibility index (Phi) is 3.86. The fourth-order valence-corrected chi connectivity index (χ4v) is 1.49. The molecular weight excluding hydrogens is 216 g/mol. The van der Waals surface area contributed by atoms with Gasteiger partial charge in [-0.05, 0) is 24.1 Å². The second-order valence-corrected chi connectivity index (χ2v) is 3.86. The Morgan fingerprint density at radius 3 is 2.80 bits per heavy atom. The Morgan fingerprint density at radius 2 is 2.27 bits per heavy atom. The lowest BCUT2D eigenvalue weighted by Gasteiger charge is -2.08. The van der Waals surface area contributed by atoms with E-state index < -0.39 is 5.97 Å². The van der Waals surface area contributed by atoms with Crippen LogP contribution in [0.25, 0.3) is 0 Å². The number of benzene rings is 1. The maximum Gasteiger partial charge on any atom is 0.336 e. The predicted octanol–water partition coefficient (Wildman–Crippen LogP) is 2.42. The molecule has 0 aliphatic carbocycles. The van der Waals surface area contributed by atoms with E-state index in [2.05, 4.69) is 0 Å². The van der Waals surface area contributed by atoms with Crippen molar-refractivity contribution in [2.45, 2.75) is 13.3 Å². The second-order valence-electron chi connectivity index (χ2n) is 3.42. The van der Waals surface area contributed by atoms with Crippen molar-refractivity contribution in [1.82, 2.24) is 0 Å². The number of carbonyl (C=O) groups is 2. The van der Waals surface area contributed by atoms with Crippen LogP contribution in [0.5, 0.6) is 0 Å². The van der Waals surface area contributed by atoms with Crippen LogP contribution in [0.3, 0.4) is 0 Å². The van der Waals surface area contributed by atoms with Crippen LogP contribution in [0.15, 0.2) is 18.2 Å². The molecule has 1 aromatic rings. The molecule has 1 aromatic carbocycles. The Labute approximate surface area is 92.7 Å². The van der Waals surface area contributed by atoms with Crippen molar-refractivity contribution >= 4 is 23.9 Å². The van der Waals surface area contributed by atoms with Crippen LogP contribution in [0, 0.1) is 5.92 Å². The first-order chi connectivity index (χ1) is 7.04. The Balaban J connectivity index is 3.05. The van der Waals surface area contributed by atoms with Gasteiger partial charge in [-0.25, -0.2) is 4.79 Å². The fraction of sp³-hybridized carbons (Fsp3) is 0.273. The van der Waals surface area contributed by atoms with Gasteiger partial charge in [-0.1, -0.05) is 24.6 Å². The van der Waals surface area contributed by atoms with Gasteiger partial charge < -0.3 is 9.90 Å². The van der Waals surface area contributed by atoms with Gasteiger partial charge in [-0.2, -0.15) is 0 Å². The molecule has 1 atom stereocenters. The van der Waals surface area contributed by atoms with Gasteiger partial charge in [0.25, 0.3) is 0 Å². The van der Waals surface area contributed by atoms with Crippen molar-refractivity contribution in [3.63, 3.8) is 0 Å². The van der Waals surface area contributed by atoms with E-state index in [0.717, 1.165) is 6.29 Å². The summed E-state index contributed by atoms with van der Waals surface area (Å²) in [5, 5.41) is 9.31. The summed E-state index contributed by atoms with van der Waals surface area (Å²) in [5.74, 6) is -1.21. The van der Waals surface area contributed by atoms with Gasteiger partial charge in [0, 0.05) is 10.9 Å². The van der Waals surface area contributed by atoms with Crippen LogP contribution in [0.4, 0.5) is 0 Å². The third-order valence-corrected chi connectivity index (χ3v) is 2.31. The molecule has 0 radical (unpaired) electrons. The van der Waals surface area contributed by atoms with Gasteiger partial charge in [-0.15, -0.1) is 0 Å². The molecule has 0 saturated carbocycles. The highest BCUT2D eigenvalue weighted by Crippen LogP contribution is 2.18. The van der Waals surface area contributed by atoms with Crippen molar-refractivity contribution in [2.24, 2.45) is 5.92 Å². The number of carboxylic acids is 1. The average Bonchev–Trinajstić information content (AvgIpc) is 2.20. The van der Waals surface area contributed by atoms with E-state index >= 15 is 0 Å². The molecule has 0 saturated heterocycles. The fourth-order valence-electron chi connectivity index (χ4n) is 1.32. The highest BCUT2D eigenvalue weighted by molar-refractivity contribution is 6.30. The van der Waals surface area contributed by atoms with E-state index in [-0.39, 0.29) is 11.5 Å². The number of carboxylic acid groups (broad SMARTS) is 1. The summed E-state index contributed by atoms with van der Waals surface area (Å²) >= 11 is 5.70. The summed E-state index contributed by atoms with van der Waals surface area (Å²) in [6.45, 7) is 1.74. The van der Waals surface area contributed by atoms with Gasteiger partial charge >= 0.3 is 5.97 Å². The van der Waals surface area contributed by atoms with Crippen molar-refractivity contribution < 1.29 is 14.7 Å². The third-order valence-electron chi connectivity index (χ3n) is 2.08. The molecule has 1 N–H and O–H groups in total. The summed E-state index contributed by atoms with van der Waals surface area (Å²) < 4.78 is 0. The number of hydrogen-bond acceptors (Lipinski definition) is 2. The van der Waals surface area contributed by atoms with E-state index in [9.17, 15) is 9.59 Å². The molecule has 1 rings (SSSR count). The normalized spacial score (nSPS) is 12.1. The molecule has 15 heavy (non-hydrogen) atoms. The maximum atomic E-state index is 10.9. The van der Waals surface area contributed by atoms with Crippen molar-refractivity contribution in [3.05, 3.63) is 34.3 Å². The minimum atomic E-state index is -1.02. The van der Waals surface area contributed by atoms with Crippen molar-refractivity contribution in [2.75, 3.05) is 0 Å². The largest absolute Gasteiger partial charge is 0.478 e. The van der Waals surface area contributed by atoms with Crippen molar-refractivity contribution in [3.8, 4) is 0 Å². The first-order valence-corrected chi connectivity index (χ1v) is 4.89. The molecule has 80 valence electrons. The van der Waals surface area contributed by atoms with E-state index in [0.29, 0.717) is 17.0 Å². The summed E-state index contributed by atoms with van der Waals surface area (Å²) in [6, 6.07) is 4.67. The molecule has 0 aliphatic heterocycles. The van der Waals surface area contributed by atoms with Crippen LogP contribution in [0.1, 0.15) is 22.8 Å². The topological polar surface area (TPSA) is 54.4 Å². The van der Waals surface area contributed by atoms with Gasteiger partial charge in [0.05, 0.1) is 5.56 Å². The third kappa shape index (κ3) is 3.06. The molecule has 0 spiro atoms. The standard InChI is InChI=1S/C11H11ClO3/c1-7(6-13)4-8-2-3-9(12)5-10(8)11(14)15/h2-3,5-7H,4H2,1H3,(H,14,15). The summed E-state index contributed by atoms with van der Waals surface area (Å²) in [7, 11) is 0. The SMILES string of the molecule is CC(C=O)Cc1ccc(Cl)cc1C(=O)O. The van der Waals surface area contributed by atoms with Gasteiger partial charge in [0.15, 0.2) is 0 Å². The van der Waals surface area contributed by atoms with Crippen LogP contribution in [0.2, 0.25) is 5.02 Å². The smallest absolute Gasteiger partial charge is 0.336 e. The second kappa shape index (κ2) is 4.94. The Hall–Kier alpha value is -1.35. The lowest BCUT2D eigenvalue weighted by Crippen LogP contribution is -2.07. The number of aldehydes is 1. The number of hydrogen-bond donors (Lipinski definition) is 1. The zero-order chi connectivity index (χ0) is 11.4. The molecule has 0 heterocycles. The van der Waals surface area contributed by atoms with E-state index in [4.69, 9.17) is 16.7 Å². The molecule has 0 bridgehead atoms. The van der Waals surface area contributed by atoms with Gasteiger partial charge in [-0.3, -0.25) is 0 Å². The zero-order valence-electron chi connectivity index (χ0n) is 8.24. The number of halogens is 1. The maximum absolute atomic E-state index is 10.9. The number of aromatic carboxylic acids is 1. The van der Waals surface area contributed by atoms with Gasteiger partial charge in [0.1, 0.15) is 6.29 Å². The molecule has 4 heteroatoms.